The Morgan fingerprint density at radius 2 is 2.05 bits per heavy atom. The van der Waals surface area contributed by atoms with Gasteiger partial charge in [0.1, 0.15) is 6.10 Å². The molecule has 0 aromatic heterocycles. The van der Waals surface area contributed by atoms with Crippen LogP contribution in [0.3, 0.4) is 0 Å². The molecule has 1 aromatic rings. The molecule has 0 amide bonds. The predicted molar refractivity (Wildman–Crippen MR) is 63.3 cm³/mol. The molecule has 3 atom stereocenters. The molecule has 0 aliphatic carbocycles. The van der Waals surface area contributed by atoms with E-state index in [9.17, 15) is 14.9 Å². The van der Waals surface area contributed by atoms with Crippen LogP contribution >= 0.6 is 0 Å². The van der Waals surface area contributed by atoms with Crippen LogP contribution in [0.15, 0.2) is 24.3 Å². The van der Waals surface area contributed by atoms with Crippen LogP contribution in [0.2, 0.25) is 0 Å². The number of hydrogen-bond acceptors (Lipinski definition) is 6. The summed E-state index contributed by atoms with van der Waals surface area (Å²) < 4.78 is 15.4. The van der Waals surface area contributed by atoms with E-state index in [1.165, 1.54) is 13.2 Å². The SMILES string of the molecule is COC(=O)C1OC(C)O[C@@H]1c1ccccc1[N+](=O)[O-]. The zero-order valence-electron chi connectivity index (χ0n) is 10.4. The number of ether oxygens (including phenoxy) is 3. The molecule has 1 fully saturated rings. The summed E-state index contributed by atoms with van der Waals surface area (Å²) in [5.74, 6) is -0.618. The molecule has 7 nitrogen and oxygen atoms in total. The van der Waals surface area contributed by atoms with Crippen molar-refractivity contribution in [3.63, 3.8) is 0 Å². The van der Waals surface area contributed by atoms with E-state index in [2.05, 4.69) is 4.74 Å². The van der Waals surface area contributed by atoms with E-state index in [0.29, 0.717) is 5.56 Å². The molecule has 1 saturated heterocycles. The lowest BCUT2D eigenvalue weighted by atomic mass is 10.0. The molecule has 0 radical (unpaired) electrons. The quantitative estimate of drug-likeness (QED) is 0.469. The fourth-order valence-electron chi connectivity index (χ4n) is 2.01. The van der Waals surface area contributed by atoms with Gasteiger partial charge in [-0.05, 0) is 13.0 Å². The summed E-state index contributed by atoms with van der Waals surface area (Å²) in [6.45, 7) is 1.62. The van der Waals surface area contributed by atoms with Gasteiger partial charge in [0.2, 0.25) is 0 Å². The summed E-state index contributed by atoms with van der Waals surface area (Å²) in [6.07, 6.45) is -2.47. The third kappa shape index (κ3) is 2.56. The number of methoxy groups -OCH3 is 1. The Kier molecular flexibility index (Phi) is 3.77. The van der Waals surface area contributed by atoms with Gasteiger partial charge in [-0.15, -0.1) is 0 Å². The Morgan fingerprint density at radius 1 is 1.37 bits per heavy atom. The second-order valence-corrected chi connectivity index (χ2v) is 4.02. The number of carbonyl (C=O) groups is 1. The predicted octanol–water partition coefficient (Wildman–Crippen LogP) is 1.57. The van der Waals surface area contributed by atoms with Crippen LogP contribution in [0.25, 0.3) is 0 Å². The first-order chi connectivity index (χ1) is 9.04. The number of benzene rings is 1. The molecule has 2 unspecified atom stereocenters. The monoisotopic (exact) mass is 267 g/mol. The lowest BCUT2D eigenvalue weighted by molar-refractivity contribution is -0.386. The van der Waals surface area contributed by atoms with Crippen molar-refractivity contribution in [2.45, 2.75) is 25.4 Å². The fourth-order valence-corrected chi connectivity index (χ4v) is 2.01. The number of para-hydroxylation sites is 1. The number of nitro groups is 1. The molecule has 2 rings (SSSR count). The van der Waals surface area contributed by atoms with Gasteiger partial charge in [-0.2, -0.15) is 0 Å². The van der Waals surface area contributed by atoms with Gasteiger partial charge in [-0.25, -0.2) is 4.79 Å². The molecular formula is C12H13NO6. The van der Waals surface area contributed by atoms with Crippen LogP contribution in [0, 0.1) is 10.1 Å². The third-order valence-corrected chi connectivity index (χ3v) is 2.82. The van der Waals surface area contributed by atoms with Crippen molar-refractivity contribution in [1.29, 1.82) is 0 Å². The van der Waals surface area contributed by atoms with Crippen LogP contribution in [0.4, 0.5) is 5.69 Å². The van der Waals surface area contributed by atoms with Crippen LogP contribution in [-0.4, -0.2) is 30.4 Å². The van der Waals surface area contributed by atoms with Gasteiger partial charge in [-0.1, -0.05) is 12.1 Å². The number of carbonyl (C=O) groups excluding carboxylic acids is 1. The van der Waals surface area contributed by atoms with E-state index in [4.69, 9.17) is 9.47 Å². The van der Waals surface area contributed by atoms with Crippen molar-refractivity contribution in [2.24, 2.45) is 0 Å². The summed E-state index contributed by atoms with van der Waals surface area (Å²) in [6, 6.07) is 6.09. The van der Waals surface area contributed by atoms with Crippen LogP contribution in [0.5, 0.6) is 0 Å². The number of esters is 1. The molecule has 1 aliphatic heterocycles. The Hall–Kier alpha value is -1.99. The van der Waals surface area contributed by atoms with Crippen molar-refractivity contribution >= 4 is 11.7 Å². The first-order valence-electron chi connectivity index (χ1n) is 5.66. The highest BCUT2D eigenvalue weighted by Gasteiger charge is 2.43. The molecule has 0 spiro atoms. The molecule has 0 N–H and O–H groups in total. The molecule has 1 aromatic carbocycles. The molecule has 0 bridgehead atoms. The van der Waals surface area contributed by atoms with Crippen molar-refractivity contribution in [2.75, 3.05) is 7.11 Å². The van der Waals surface area contributed by atoms with E-state index in [0.717, 1.165) is 0 Å². The van der Waals surface area contributed by atoms with Gasteiger partial charge in [-0.3, -0.25) is 10.1 Å². The molecule has 7 heteroatoms. The molecule has 1 heterocycles. The van der Waals surface area contributed by atoms with Gasteiger partial charge in [0.15, 0.2) is 12.4 Å². The Bertz CT molecular complexity index is 503. The smallest absolute Gasteiger partial charge is 0.338 e. The maximum absolute atomic E-state index is 11.6. The van der Waals surface area contributed by atoms with Crippen LogP contribution < -0.4 is 0 Å². The van der Waals surface area contributed by atoms with Crippen molar-refractivity contribution in [3.05, 3.63) is 39.9 Å². The van der Waals surface area contributed by atoms with E-state index < -0.39 is 29.4 Å². The molecule has 1 aliphatic rings. The summed E-state index contributed by atoms with van der Waals surface area (Å²) in [5, 5.41) is 11.0. The molecule has 0 saturated carbocycles. The standard InChI is InChI=1S/C12H13NO6/c1-7-18-10(11(19-7)12(14)17-2)8-5-3-4-6-9(8)13(15)16/h3-7,10-11H,1-2H3/t7?,10-,11?/m1/s1. The minimum atomic E-state index is -0.999. The summed E-state index contributed by atoms with van der Waals surface area (Å²) in [5.41, 5.74) is 0.186. The fraction of sp³-hybridized carbons (Fsp3) is 0.417. The van der Waals surface area contributed by atoms with E-state index >= 15 is 0 Å². The molecule has 19 heavy (non-hydrogen) atoms. The van der Waals surface area contributed by atoms with Crippen molar-refractivity contribution < 1.29 is 23.9 Å². The third-order valence-electron chi connectivity index (χ3n) is 2.82. The van der Waals surface area contributed by atoms with Gasteiger partial charge in [0, 0.05) is 6.07 Å². The zero-order valence-corrected chi connectivity index (χ0v) is 10.4. The minimum absolute atomic E-state index is 0.112. The summed E-state index contributed by atoms with van der Waals surface area (Å²) in [7, 11) is 1.23. The number of hydrogen-bond donors (Lipinski definition) is 0. The Morgan fingerprint density at radius 3 is 2.68 bits per heavy atom. The number of nitro benzene ring substituents is 1. The number of rotatable bonds is 3. The highest BCUT2D eigenvalue weighted by Crippen LogP contribution is 2.37. The maximum Gasteiger partial charge on any atom is 0.338 e. The highest BCUT2D eigenvalue weighted by molar-refractivity contribution is 5.76. The molecular weight excluding hydrogens is 254 g/mol. The largest absolute Gasteiger partial charge is 0.467 e. The van der Waals surface area contributed by atoms with Crippen LogP contribution in [-0.2, 0) is 19.0 Å². The van der Waals surface area contributed by atoms with E-state index in [1.54, 1.807) is 25.1 Å². The lowest BCUT2D eigenvalue weighted by Gasteiger charge is -2.14. The highest BCUT2D eigenvalue weighted by atomic mass is 16.7. The summed E-state index contributed by atoms with van der Waals surface area (Å²) >= 11 is 0. The summed E-state index contributed by atoms with van der Waals surface area (Å²) in [4.78, 5) is 22.1. The first-order valence-corrected chi connectivity index (χ1v) is 5.66. The lowest BCUT2D eigenvalue weighted by Crippen LogP contribution is -2.27. The zero-order chi connectivity index (χ0) is 14.0. The first kappa shape index (κ1) is 13.4. The van der Waals surface area contributed by atoms with Gasteiger partial charge in [0.25, 0.3) is 5.69 Å². The second kappa shape index (κ2) is 5.33. The average molecular weight is 267 g/mol. The Labute approximate surface area is 109 Å². The second-order valence-electron chi connectivity index (χ2n) is 4.02. The maximum atomic E-state index is 11.6. The average Bonchev–Trinajstić information content (AvgIpc) is 2.79. The molecule has 102 valence electrons. The van der Waals surface area contributed by atoms with Crippen molar-refractivity contribution in [1.82, 2.24) is 0 Å². The van der Waals surface area contributed by atoms with Gasteiger partial charge in [0.05, 0.1) is 17.6 Å². The van der Waals surface area contributed by atoms with Gasteiger partial charge < -0.3 is 14.2 Å². The normalized spacial score (nSPS) is 26.1. The van der Waals surface area contributed by atoms with E-state index in [1.807, 2.05) is 0 Å². The van der Waals surface area contributed by atoms with Crippen LogP contribution in [0.1, 0.15) is 18.6 Å². The van der Waals surface area contributed by atoms with Gasteiger partial charge >= 0.3 is 5.97 Å². The number of nitrogens with zero attached hydrogens (tertiary/aromatic N) is 1. The topological polar surface area (TPSA) is 87.9 Å². The minimum Gasteiger partial charge on any atom is -0.467 e. The Balaban J connectivity index is 2.39. The van der Waals surface area contributed by atoms with E-state index in [-0.39, 0.29) is 5.69 Å². The van der Waals surface area contributed by atoms with Crippen molar-refractivity contribution in [3.8, 4) is 0 Å².